The second-order valence-corrected chi connectivity index (χ2v) is 8.95. The van der Waals surface area contributed by atoms with Crippen molar-refractivity contribution in [2.45, 2.75) is 32.6 Å². The van der Waals surface area contributed by atoms with Gasteiger partial charge < -0.3 is 19.0 Å². The highest BCUT2D eigenvalue weighted by molar-refractivity contribution is 5.89. The topological polar surface area (TPSA) is 89.2 Å². The lowest BCUT2D eigenvalue weighted by Gasteiger charge is -2.19. The van der Waals surface area contributed by atoms with Crippen LogP contribution in [0.15, 0.2) is 75.9 Å². The highest BCUT2D eigenvalue weighted by Gasteiger charge is 2.41. The van der Waals surface area contributed by atoms with Crippen LogP contribution in [0.3, 0.4) is 0 Å². The largest absolute Gasteiger partial charge is 0.507 e. The first-order chi connectivity index (χ1) is 18.6. The van der Waals surface area contributed by atoms with Crippen LogP contribution < -0.4 is 10.2 Å². The third-order valence-corrected chi connectivity index (χ3v) is 5.83. The minimum absolute atomic E-state index is 0.00804. The van der Waals surface area contributed by atoms with Crippen molar-refractivity contribution in [1.29, 1.82) is 0 Å². The van der Waals surface area contributed by atoms with E-state index in [1.807, 2.05) is 37.3 Å². The molecule has 0 bridgehead atoms. The number of esters is 1. The van der Waals surface area contributed by atoms with E-state index < -0.39 is 29.1 Å². The van der Waals surface area contributed by atoms with Crippen LogP contribution in [-0.2, 0) is 24.0 Å². The molecule has 0 spiro atoms. The van der Waals surface area contributed by atoms with Gasteiger partial charge in [0, 0.05) is 13.1 Å². The van der Waals surface area contributed by atoms with E-state index in [1.165, 1.54) is 36.4 Å². The van der Waals surface area contributed by atoms with Crippen LogP contribution >= 0.6 is 0 Å². The first-order valence-electron chi connectivity index (χ1n) is 12.1. The summed E-state index contributed by atoms with van der Waals surface area (Å²) in [7, 11) is 1.73. The normalized spacial score (nSPS) is 11.6. The van der Waals surface area contributed by atoms with Gasteiger partial charge in [0.2, 0.25) is 11.2 Å². The maximum absolute atomic E-state index is 14.1. The molecular formula is C29H26F3NO6. The molecule has 4 rings (SSSR count). The van der Waals surface area contributed by atoms with E-state index in [0.29, 0.717) is 13.0 Å². The number of carbonyl (C=O) groups is 1. The van der Waals surface area contributed by atoms with Crippen LogP contribution in [0.25, 0.3) is 11.0 Å². The van der Waals surface area contributed by atoms with Crippen molar-refractivity contribution in [1.82, 2.24) is 4.90 Å². The van der Waals surface area contributed by atoms with Gasteiger partial charge in [-0.15, -0.1) is 0 Å². The van der Waals surface area contributed by atoms with Gasteiger partial charge in [0.15, 0.2) is 0 Å². The fourth-order valence-corrected chi connectivity index (χ4v) is 3.99. The number of alkyl halides is 3. The van der Waals surface area contributed by atoms with Crippen molar-refractivity contribution in [2.75, 3.05) is 13.7 Å². The second kappa shape index (κ2) is 11.6. The van der Waals surface area contributed by atoms with Gasteiger partial charge in [-0.1, -0.05) is 37.3 Å². The molecule has 7 nitrogen and oxygen atoms in total. The number of nitrogens with zero attached hydrogens (tertiary/aromatic N) is 1. The Bertz CT molecular complexity index is 1520. The molecule has 0 aliphatic heterocycles. The Kier molecular flexibility index (Phi) is 8.25. The molecule has 1 N–H and O–H groups in total. The molecule has 0 radical (unpaired) electrons. The van der Waals surface area contributed by atoms with Crippen molar-refractivity contribution >= 4 is 16.9 Å². The molecule has 0 atom stereocenters. The Hall–Kier alpha value is -4.31. The van der Waals surface area contributed by atoms with Gasteiger partial charge in [-0.3, -0.25) is 9.69 Å². The SMILES string of the molecule is CCCOC(=O)c1ccc(Oc2c(C(F)(F)F)oc3c(CN(C)Cc4ccccc4)c(O)ccc3c2=O)cc1. The smallest absolute Gasteiger partial charge is 0.453 e. The molecule has 0 unspecified atom stereocenters. The number of rotatable bonds is 9. The quantitative estimate of drug-likeness (QED) is 0.242. The van der Waals surface area contributed by atoms with Crippen LogP contribution in [-0.4, -0.2) is 29.6 Å². The van der Waals surface area contributed by atoms with E-state index in [2.05, 4.69) is 0 Å². The number of phenols is 1. The molecule has 0 amide bonds. The van der Waals surface area contributed by atoms with Crippen molar-refractivity contribution in [3.63, 3.8) is 0 Å². The Morgan fingerprint density at radius 2 is 1.69 bits per heavy atom. The number of hydrogen-bond acceptors (Lipinski definition) is 7. The number of halogens is 3. The van der Waals surface area contributed by atoms with E-state index in [9.17, 15) is 27.9 Å². The lowest BCUT2D eigenvalue weighted by molar-refractivity contribution is -0.154. The summed E-state index contributed by atoms with van der Waals surface area (Å²) >= 11 is 0. The summed E-state index contributed by atoms with van der Waals surface area (Å²) in [5, 5.41) is 10.3. The van der Waals surface area contributed by atoms with Crippen LogP contribution in [0.4, 0.5) is 13.2 Å². The molecular weight excluding hydrogens is 515 g/mol. The zero-order valence-corrected chi connectivity index (χ0v) is 21.2. The minimum atomic E-state index is -5.08. The van der Waals surface area contributed by atoms with Crippen molar-refractivity contribution in [2.24, 2.45) is 0 Å². The van der Waals surface area contributed by atoms with Crippen molar-refractivity contribution in [3.8, 4) is 17.2 Å². The first kappa shape index (κ1) is 27.7. The average Bonchev–Trinajstić information content (AvgIpc) is 2.90. The highest BCUT2D eigenvalue weighted by atomic mass is 19.4. The van der Waals surface area contributed by atoms with Crippen LogP contribution in [0, 0.1) is 0 Å². The maximum atomic E-state index is 14.1. The molecule has 204 valence electrons. The molecule has 3 aromatic carbocycles. The number of benzene rings is 3. The third kappa shape index (κ3) is 6.40. The predicted molar refractivity (Wildman–Crippen MR) is 138 cm³/mol. The fraction of sp³-hybridized carbons (Fsp3) is 0.241. The number of fused-ring (bicyclic) bond motifs is 1. The van der Waals surface area contributed by atoms with Crippen LogP contribution in [0.2, 0.25) is 0 Å². The van der Waals surface area contributed by atoms with Crippen LogP contribution in [0.5, 0.6) is 17.2 Å². The molecule has 0 fully saturated rings. The van der Waals surface area contributed by atoms with Gasteiger partial charge in [0.1, 0.15) is 17.1 Å². The molecule has 0 saturated heterocycles. The molecule has 39 heavy (non-hydrogen) atoms. The third-order valence-electron chi connectivity index (χ3n) is 5.83. The summed E-state index contributed by atoms with van der Waals surface area (Å²) in [4.78, 5) is 27.0. The van der Waals surface area contributed by atoms with Gasteiger partial charge in [-0.05, 0) is 55.4 Å². The highest BCUT2D eigenvalue weighted by Crippen LogP contribution is 2.40. The molecule has 1 aromatic heterocycles. The average molecular weight is 542 g/mol. The van der Waals surface area contributed by atoms with Gasteiger partial charge in [0.25, 0.3) is 5.76 Å². The molecule has 1 heterocycles. The van der Waals surface area contributed by atoms with E-state index in [1.54, 1.807) is 11.9 Å². The van der Waals surface area contributed by atoms with E-state index in [0.717, 1.165) is 5.56 Å². The summed E-state index contributed by atoms with van der Waals surface area (Å²) < 4.78 is 57.9. The zero-order valence-electron chi connectivity index (χ0n) is 21.2. The Morgan fingerprint density at radius 1 is 1.00 bits per heavy atom. The monoisotopic (exact) mass is 541 g/mol. The Morgan fingerprint density at radius 3 is 2.33 bits per heavy atom. The molecule has 0 saturated carbocycles. The molecule has 10 heteroatoms. The van der Waals surface area contributed by atoms with Crippen LogP contribution in [0.1, 0.15) is 40.6 Å². The zero-order chi connectivity index (χ0) is 28.2. The fourth-order valence-electron chi connectivity index (χ4n) is 3.99. The first-order valence-corrected chi connectivity index (χ1v) is 12.1. The summed E-state index contributed by atoms with van der Waals surface area (Å²) in [6, 6.07) is 17.0. The molecule has 4 aromatic rings. The van der Waals surface area contributed by atoms with Gasteiger partial charge in [0.05, 0.1) is 23.1 Å². The van der Waals surface area contributed by atoms with Gasteiger partial charge in [-0.2, -0.15) is 13.2 Å². The molecule has 0 aliphatic carbocycles. The number of aromatic hydroxyl groups is 1. The lowest BCUT2D eigenvalue weighted by atomic mass is 10.1. The van der Waals surface area contributed by atoms with Gasteiger partial charge >= 0.3 is 12.1 Å². The van der Waals surface area contributed by atoms with Crippen molar-refractivity contribution in [3.05, 3.63) is 99.4 Å². The van der Waals surface area contributed by atoms with E-state index in [-0.39, 0.29) is 46.7 Å². The van der Waals surface area contributed by atoms with E-state index in [4.69, 9.17) is 13.9 Å². The maximum Gasteiger partial charge on any atom is 0.453 e. The Labute approximate surface area is 222 Å². The molecule has 0 aliphatic rings. The summed E-state index contributed by atoms with van der Waals surface area (Å²) in [5.41, 5.74) is -0.264. The number of ether oxygens (including phenoxy) is 2. The summed E-state index contributed by atoms with van der Waals surface area (Å²) in [5.74, 6) is -3.69. The van der Waals surface area contributed by atoms with Gasteiger partial charge in [-0.25, -0.2) is 4.79 Å². The van der Waals surface area contributed by atoms with Crippen molar-refractivity contribution < 1.29 is 37.0 Å². The second-order valence-electron chi connectivity index (χ2n) is 8.95. The summed E-state index contributed by atoms with van der Waals surface area (Å²) in [6.07, 6.45) is -4.45. The number of phenolic OH excluding ortho intramolecular Hbond substituents is 1. The van der Waals surface area contributed by atoms with E-state index >= 15 is 0 Å². The number of carbonyl (C=O) groups excluding carboxylic acids is 1. The summed E-state index contributed by atoms with van der Waals surface area (Å²) in [6.45, 7) is 2.51. The number of hydrogen-bond donors (Lipinski definition) is 1. The Balaban J connectivity index is 1.71. The standard InChI is InChI=1S/C29H26F3NO6/c1-3-15-37-28(36)19-9-11-20(12-10-19)38-26-24(35)21-13-14-23(34)22(25(21)39-27(26)29(30,31)32)17-33(2)16-18-7-5-4-6-8-18/h4-14,34H,3,15-17H2,1-2H3. The predicted octanol–water partition coefficient (Wildman–Crippen LogP) is 6.51. The minimum Gasteiger partial charge on any atom is -0.507 e. The lowest BCUT2D eigenvalue weighted by Crippen LogP contribution is -2.19.